The first-order valence-corrected chi connectivity index (χ1v) is 24.6. The van der Waals surface area contributed by atoms with Crippen molar-refractivity contribution < 1.29 is 73.2 Å². The predicted octanol–water partition coefficient (Wildman–Crippen LogP) is 6.20. The van der Waals surface area contributed by atoms with Gasteiger partial charge >= 0.3 is 5.97 Å². The Morgan fingerprint density at radius 3 is 2.29 bits per heavy atom. The second-order valence-corrected chi connectivity index (χ2v) is 19.9. The highest BCUT2D eigenvalue weighted by atomic mass is 16.6. The number of esters is 1. The van der Waals surface area contributed by atoms with Gasteiger partial charge in [0.2, 0.25) is 5.79 Å². The third kappa shape index (κ3) is 15.3. The number of methoxy groups -OCH3 is 3. The minimum absolute atomic E-state index is 0.0148. The zero-order valence-electron chi connectivity index (χ0n) is 46.0. The van der Waals surface area contributed by atoms with E-state index >= 15 is 0 Å². The van der Waals surface area contributed by atoms with Crippen LogP contribution in [0.1, 0.15) is 131 Å². The summed E-state index contributed by atoms with van der Waals surface area (Å²) >= 11 is 0. The molecule has 2 saturated heterocycles. The number of rotatable bonds is 9. The molecular formula is C53H83NO14. The molecule has 4 rings (SSSR count). The lowest BCUT2D eigenvalue weighted by Crippen LogP contribution is -2.61. The monoisotopic (exact) mass is 964 g/mol. The zero-order valence-corrected chi connectivity index (χ0v) is 42.0. The molecule has 0 spiro atoms. The number of carbonyl (C=O) groups is 5. The van der Waals surface area contributed by atoms with E-state index in [2.05, 4.69) is 0 Å². The SMILES string of the molecule is [2H][13C]([2H])(O)[13C]([2H])([2H])O[C@@H]1CC[C@@H](C[C@@H](C)[C@@H]2CC(=O)[C@H](C)/C=C(\C)[C@@H](O)[C@@H](OC)C(=O)[C@H](C)C[C@H](C)/C=C/C=C/C=C(\C)[C@@H](OC)C[C@@H]3CC[C@@H](C)[C@@](O)(O3)C(=O)C(=O)N3CCCC[C@H]3C(=O)O2)C[C@H]1OC. The first kappa shape index (κ1) is 51.0. The van der Waals surface area contributed by atoms with Crippen molar-refractivity contribution in [2.45, 2.75) is 180 Å². The molecule has 0 aromatic rings. The van der Waals surface area contributed by atoms with Gasteiger partial charge in [-0.1, -0.05) is 71.1 Å². The summed E-state index contributed by atoms with van der Waals surface area (Å²) in [7, 11) is 4.33. The predicted molar refractivity (Wildman–Crippen MR) is 256 cm³/mol. The average Bonchev–Trinajstić information content (AvgIpc) is 3.32. The summed E-state index contributed by atoms with van der Waals surface area (Å²) in [5, 5.41) is 33.3. The molecule has 15 heteroatoms. The first-order chi connectivity index (χ1) is 33.7. The number of hydrogen-bond donors (Lipinski definition) is 3. The number of carbonyl (C=O) groups excluding carboxylic acids is 5. The van der Waals surface area contributed by atoms with Gasteiger partial charge in [0.1, 0.15) is 30.1 Å². The van der Waals surface area contributed by atoms with Crippen LogP contribution >= 0.6 is 0 Å². The summed E-state index contributed by atoms with van der Waals surface area (Å²) in [4.78, 5) is 72.3. The van der Waals surface area contributed by atoms with E-state index in [4.69, 9.17) is 33.9 Å². The van der Waals surface area contributed by atoms with Crippen molar-refractivity contribution in [3.8, 4) is 0 Å². The van der Waals surface area contributed by atoms with E-state index in [0.29, 0.717) is 56.9 Å². The van der Waals surface area contributed by atoms with E-state index in [0.717, 1.165) is 10.5 Å². The number of Topliss-reactive ketones (excluding diaryl/α,β-unsaturated/α-hetero) is 3. The number of aliphatic hydroxyl groups excluding tert-OH is 1. The van der Waals surface area contributed by atoms with Gasteiger partial charge in [0.25, 0.3) is 11.7 Å². The summed E-state index contributed by atoms with van der Waals surface area (Å²) in [5.41, 5.74) is 1.19. The van der Waals surface area contributed by atoms with Crippen LogP contribution in [-0.2, 0) is 52.4 Å². The fraction of sp³-hybridized carbons (Fsp3) is 0.755. The van der Waals surface area contributed by atoms with E-state index in [1.54, 1.807) is 40.9 Å². The molecular weight excluding hydrogens is 877 g/mol. The molecule has 0 aromatic carbocycles. The molecule has 2 bridgehead atoms. The maximum absolute atomic E-state index is 14.5. The molecule has 3 fully saturated rings. The molecule has 0 radical (unpaired) electrons. The van der Waals surface area contributed by atoms with Crippen molar-refractivity contribution in [3.63, 3.8) is 0 Å². The molecule has 4 aliphatic rings. The highest BCUT2D eigenvalue weighted by molar-refractivity contribution is 6.39. The summed E-state index contributed by atoms with van der Waals surface area (Å²) in [5.74, 6) is -8.91. The molecule has 3 heterocycles. The average molecular weight is 964 g/mol. The van der Waals surface area contributed by atoms with Gasteiger partial charge in [-0.3, -0.25) is 19.2 Å². The Hall–Kier alpha value is -3.41. The van der Waals surface area contributed by atoms with Gasteiger partial charge in [0.05, 0.1) is 43.0 Å². The first-order valence-electron chi connectivity index (χ1n) is 26.6. The fourth-order valence-electron chi connectivity index (χ4n) is 10.3. The van der Waals surface area contributed by atoms with Crippen LogP contribution in [0.15, 0.2) is 47.6 Å². The number of allylic oxidation sites excluding steroid dienone is 6. The molecule has 3 N–H and O–H groups in total. The maximum atomic E-state index is 14.5. The number of hydrogen-bond acceptors (Lipinski definition) is 14. The van der Waals surface area contributed by atoms with Crippen LogP contribution in [0.2, 0.25) is 0 Å². The molecule has 3 aliphatic heterocycles. The molecule has 384 valence electrons. The number of ether oxygens (including phenoxy) is 6. The van der Waals surface area contributed by atoms with Crippen LogP contribution in [0.3, 0.4) is 0 Å². The van der Waals surface area contributed by atoms with Crippen LogP contribution in [0.5, 0.6) is 0 Å². The van der Waals surface area contributed by atoms with Crippen LogP contribution in [0.25, 0.3) is 0 Å². The maximum Gasteiger partial charge on any atom is 0.329 e. The van der Waals surface area contributed by atoms with Crippen molar-refractivity contribution >= 4 is 29.2 Å². The fourth-order valence-corrected chi connectivity index (χ4v) is 10.3. The minimum atomic E-state index is -3.27. The number of amides is 1. The van der Waals surface area contributed by atoms with Crippen molar-refractivity contribution in [1.82, 2.24) is 4.90 Å². The second kappa shape index (κ2) is 27.3. The molecule has 0 aromatic heterocycles. The van der Waals surface area contributed by atoms with Gasteiger partial charge in [-0.2, -0.15) is 0 Å². The van der Waals surface area contributed by atoms with Gasteiger partial charge in [-0.15, -0.1) is 0 Å². The van der Waals surface area contributed by atoms with Gasteiger partial charge in [0.15, 0.2) is 5.78 Å². The number of ketones is 3. The highest BCUT2D eigenvalue weighted by Gasteiger charge is 2.53. The van der Waals surface area contributed by atoms with Crippen molar-refractivity contribution in [3.05, 3.63) is 47.6 Å². The van der Waals surface area contributed by atoms with Gasteiger partial charge < -0.3 is 48.6 Å². The molecule has 15 nitrogen and oxygen atoms in total. The van der Waals surface area contributed by atoms with Crippen LogP contribution in [0.4, 0.5) is 0 Å². The van der Waals surface area contributed by atoms with E-state index < -0.39 is 109 Å². The Bertz CT molecular complexity index is 1990. The lowest BCUT2D eigenvalue weighted by atomic mass is 9.78. The molecule has 0 unspecified atom stereocenters. The van der Waals surface area contributed by atoms with Crippen molar-refractivity contribution in [2.24, 2.45) is 35.5 Å². The topological polar surface area (TPSA) is 205 Å². The Balaban J connectivity index is 1.70. The quantitative estimate of drug-likeness (QED) is 0.102. The smallest absolute Gasteiger partial charge is 0.329 e. The van der Waals surface area contributed by atoms with Crippen molar-refractivity contribution in [1.29, 1.82) is 0 Å². The Morgan fingerprint density at radius 2 is 1.62 bits per heavy atom. The van der Waals surface area contributed by atoms with Gasteiger partial charge in [-0.25, -0.2) is 4.79 Å². The standard InChI is InChI=1S/C53H83NO14/c1-32-16-12-11-13-17-33(2)44(63-8)30-40-21-19-38(7)53(62,68-40)50(59)51(60)54-23-15-14-18-41(54)52(61)67-45(35(4)28-39-20-22-43(66-25-24-55)46(29-39)64-9)31-42(56)34(3)27-37(6)48(58)49(65-10)47(57)36(5)26-32/h11-13,16-17,27,32,34-36,38-41,43-46,48-49,55,58,62H,14-15,18-26,28-31H2,1-10H3/b13-11+,16-12+,33-17+,37-27+/t32-,34-,35-,36-,38-,39+,40+,41+,43-,44+,45+,46-,48-,49+,53-/m1/s1/i24+1D2,25+1D2. The Kier molecular flexibility index (Phi) is 20.4. The van der Waals surface area contributed by atoms with E-state index in [1.807, 2.05) is 51.2 Å². The number of piperidine rings is 1. The molecule has 1 amide bonds. The van der Waals surface area contributed by atoms with Gasteiger partial charge in [-0.05, 0) is 107 Å². The van der Waals surface area contributed by atoms with E-state index in [9.17, 15) is 39.3 Å². The lowest BCUT2D eigenvalue weighted by molar-refractivity contribution is -0.265. The summed E-state index contributed by atoms with van der Waals surface area (Å²) < 4.78 is 65.9. The number of fused-ring (bicyclic) bond motifs is 3. The van der Waals surface area contributed by atoms with Crippen LogP contribution in [-0.4, -0.2) is 145 Å². The summed E-state index contributed by atoms with van der Waals surface area (Å²) in [6.07, 6.45) is 8.68. The lowest BCUT2D eigenvalue weighted by Gasteiger charge is -2.42. The van der Waals surface area contributed by atoms with Gasteiger partial charge in [0, 0.05) is 58.5 Å². The minimum Gasteiger partial charge on any atom is -0.460 e. The molecule has 68 heavy (non-hydrogen) atoms. The van der Waals surface area contributed by atoms with Crippen LogP contribution < -0.4 is 0 Å². The molecule has 1 saturated carbocycles. The number of nitrogens with zero attached hydrogens (tertiary/aromatic N) is 1. The van der Waals surface area contributed by atoms with E-state index in [1.165, 1.54) is 14.2 Å². The largest absolute Gasteiger partial charge is 0.460 e. The van der Waals surface area contributed by atoms with E-state index in [-0.39, 0.29) is 55.6 Å². The Labute approximate surface area is 410 Å². The molecule has 15 atom stereocenters. The summed E-state index contributed by atoms with van der Waals surface area (Å²) in [6.45, 7) is 6.12. The third-order valence-electron chi connectivity index (χ3n) is 14.7. The third-order valence-corrected chi connectivity index (χ3v) is 14.7. The second-order valence-electron chi connectivity index (χ2n) is 19.9. The Morgan fingerprint density at radius 1 is 0.882 bits per heavy atom. The zero-order chi connectivity index (χ0) is 53.9. The normalized spacial score (nSPS) is 40.5. The molecule has 1 aliphatic carbocycles. The van der Waals surface area contributed by atoms with Crippen molar-refractivity contribution in [2.75, 3.05) is 41.0 Å². The number of cyclic esters (lactones) is 1. The summed E-state index contributed by atoms with van der Waals surface area (Å²) in [6, 6.07) is -1.22. The van der Waals surface area contributed by atoms with Crippen LogP contribution in [0, 0.1) is 35.5 Å². The highest BCUT2D eigenvalue weighted by Crippen LogP contribution is 2.38. The number of aliphatic hydroxyl groups is 3.